The fourth-order valence-corrected chi connectivity index (χ4v) is 6.47. The van der Waals surface area contributed by atoms with Crippen LogP contribution in [0.1, 0.15) is 17.2 Å². The fraction of sp³-hybridized carbons (Fsp3) is 0.217. The Bertz CT molecular complexity index is 1310. The third kappa shape index (κ3) is 4.54. The lowest BCUT2D eigenvalue weighted by Crippen LogP contribution is -2.83. The van der Waals surface area contributed by atoms with Gasteiger partial charge in [0.05, 0.1) is 0 Å². The summed E-state index contributed by atoms with van der Waals surface area (Å²) in [7, 11) is 0. The van der Waals surface area contributed by atoms with E-state index in [9.17, 15) is 14.4 Å². The SMILES string of the molecule is Nn1nnnc1SCC1=C(C(=O)OC(c2ccccc2)c2ccccc2)N2C(=O)[C@](N)(NC=O)[C@@H]2SC1. The number of benzene rings is 2. The van der Waals surface area contributed by atoms with Gasteiger partial charge in [-0.05, 0) is 27.1 Å². The number of carbonyl (C=O) groups excluding carboxylic acids is 3. The van der Waals surface area contributed by atoms with Gasteiger partial charge in [-0.15, -0.1) is 16.6 Å². The summed E-state index contributed by atoms with van der Waals surface area (Å²) in [5.74, 6) is 5.06. The van der Waals surface area contributed by atoms with E-state index < -0.39 is 29.0 Å². The van der Waals surface area contributed by atoms with Crippen LogP contribution in [0.2, 0.25) is 0 Å². The van der Waals surface area contributed by atoms with Crippen LogP contribution in [0.5, 0.6) is 0 Å². The zero-order valence-electron chi connectivity index (χ0n) is 19.3. The van der Waals surface area contributed by atoms with E-state index >= 15 is 0 Å². The standard InChI is InChI=1S/C23H22N8O4S2/c24-23(26-13-32)20(34)30-17(16(11-36-21(23)30)12-37-22-27-28-29-31(22)25)19(33)35-18(14-7-3-1-4-8-14)15-9-5-2-6-10-15/h1-10,13,18,21H,11-12,24-25H2,(H,26,32)/t21-,23-/m0/s1. The molecule has 12 nitrogen and oxygen atoms in total. The van der Waals surface area contributed by atoms with Crippen LogP contribution >= 0.6 is 23.5 Å². The van der Waals surface area contributed by atoms with Crippen LogP contribution in [0.4, 0.5) is 0 Å². The van der Waals surface area contributed by atoms with Crippen LogP contribution < -0.4 is 16.9 Å². The fourth-order valence-electron chi connectivity index (χ4n) is 4.15. The third-order valence-corrected chi connectivity index (χ3v) is 8.38. The first-order chi connectivity index (χ1) is 17.9. The van der Waals surface area contributed by atoms with Gasteiger partial charge in [0.25, 0.3) is 5.91 Å². The third-order valence-electron chi connectivity index (χ3n) is 5.95. The second kappa shape index (κ2) is 10.2. The molecule has 0 saturated carbocycles. The van der Waals surface area contributed by atoms with Crippen LogP contribution in [-0.2, 0) is 19.1 Å². The highest BCUT2D eigenvalue weighted by Crippen LogP contribution is 2.45. The molecule has 0 unspecified atom stereocenters. The summed E-state index contributed by atoms with van der Waals surface area (Å²) < 4.78 is 6.07. The summed E-state index contributed by atoms with van der Waals surface area (Å²) in [5, 5.41) is 13.0. The largest absolute Gasteiger partial charge is 0.448 e. The van der Waals surface area contributed by atoms with Crippen molar-refractivity contribution in [1.82, 2.24) is 30.5 Å². The molecule has 1 saturated heterocycles. The van der Waals surface area contributed by atoms with Gasteiger partial charge >= 0.3 is 5.97 Å². The van der Waals surface area contributed by atoms with Crippen molar-refractivity contribution in [3.05, 3.63) is 83.1 Å². The van der Waals surface area contributed by atoms with E-state index in [-0.39, 0.29) is 11.4 Å². The first-order valence-corrected chi connectivity index (χ1v) is 13.1. The Hall–Kier alpha value is -3.88. The number of nitrogens with one attached hydrogen (secondary N) is 1. The van der Waals surface area contributed by atoms with E-state index in [2.05, 4.69) is 20.8 Å². The number of amides is 2. The molecule has 5 rings (SSSR count). The van der Waals surface area contributed by atoms with Crippen LogP contribution in [0.3, 0.4) is 0 Å². The van der Waals surface area contributed by atoms with Crippen molar-refractivity contribution in [2.45, 2.75) is 22.3 Å². The maximum Gasteiger partial charge on any atom is 0.356 e. The van der Waals surface area contributed by atoms with Crippen LogP contribution in [0.15, 0.2) is 77.1 Å². The molecule has 3 aromatic rings. The predicted octanol–water partition coefficient (Wildman–Crippen LogP) is 0.382. The summed E-state index contributed by atoms with van der Waals surface area (Å²) in [6.45, 7) is 0. The number of carbonyl (C=O) groups is 3. The number of nitrogens with two attached hydrogens (primary N) is 2. The number of fused-ring (bicyclic) bond motifs is 1. The van der Waals surface area contributed by atoms with Crippen LogP contribution in [-0.4, -0.2) is 66.0 Å². The number of tetrazole rings is 1. The maximum absolute atomic E-state index is 13.8. The molecule has 2 aliphatic heterocycles. The number of nitrogens with zero attached hydrogens (tertiary/aromatic N) is 5. The number of aromatic nitrogens is 4. The number of β-lactam (4-membered cyclic amide) rings is 1. The Morgan fingerprint density at radius 3 is 2.43 bits per heavy atom. The molecular formula is C23H22N8O4S2. The minimum Gasteiger partial charge on any atom is -0.448 e. The molecule has 0 spiro atoms. The molecule has 1 fully saturated rings. The number of esters is 1. The summed E-state index contributed by atoms with van der Waals surface area (Å²) >= 11 is 2.55. The van der Waals surface area contributed by atoms with Crippen molar-refractivity contribution in [2.24, 2.45) is 5.73 Å². The number of nitrogen functional groups attached to an aromatic ring is 1. The topological polar surface area (TPSA) is 171 Å². The number of rotatable bonds is 9. The van der Waals surface area contributed by atoms with Gasteiger partial charge in [-0.2, -0.15) is 0 Å². The van der Waals surface area contributed by atoms with Crippen molar-refractivity contribution in [3.8, 4) is 0 Å². The van der Waals surface area contributed by atoms with E-state index in [1.165, 1.54) is 28.4 Å². The number of hydrogen-bond acceptors (Lipinski definition) is 11. The van der Waals surface area contributed by atoms with Crippen LogP contribution in [0.25, 0.3) is 0 Å². The predicted molar refractivity (Wildman–Crippen MR) is 136 cm³/mol. The summed E-state index contributed by atoms with van der Waals surface area (Å²) in [4.78, 5) is 40.4. The molecule has 37 heavy (non-hydrogen) atoms. The first kappa shape index (κ1) is 24.8. The molecule has 2 atom stereocenters. The number of ether oxygens (including phenoxy) is 1. The molecule has 1 aromatic heterocycles. The summed E-state index contributed by atoms with van der Waals surface area (Å²) in [6.07, 6.45) is -0.335. The van der Waals surface area contributed by atoms with Gasteiger partial charge in [0, 0.05) is 11.5 Å². The Morgan fingerprint density at radius 2 is 1.86 bits per heavy atom. The second-order valence-corrected chi connectivity index (χ2v) is 10.2. The van der Waals surface area contributed by atoms with Crippen molar-refractivity contribution in [3.63, 3.8) is 0 Å². The minimum atomic E-state index is -1.61. The van der Waals surface area contributed by atoms with Gasteiger partial charge in [0.2, 0.25) is 17.2 Å². The maximum atomic E-state index is 13.8. The van der Waals surface area contributed by atoms with E-state index in [1.807, 2.05) is 60.7 Å². The lowest BCUT2D eigenvalue weighted by atomic mass is 9.96. The van der Waals surface area contributed by atoms with Gasteiger partial charge < -0.3 is 15.9 Å². The smallest absolute Gasteiger partial charge is 0.356 e. The highest BCUT2D eigenvalue weighted by atomic mass is 32.2. The lowest BCUT2D eigenvalue weighted by molar-refractivity contribution is -0.160. The van der Waals surface area contributed by atoms with Gasteiger partial charge in [0.15, 0.2) is 6.10 Å². The van der Waals surface area contributed by atoms with E-state index in [0.29, 0.717) is 22.9 Å². The Balaban J connectivity index is 1.50. The molecule has 190 valence electrons. The highest BCUT2D eigenvalue weighted by molar-refractivity contribution is 8.01. The summed E-state index contributed by atoms with van der Waals surface area (Å²) in [5.41, 5.74) is 6.83. The molecule has 5 N–H and O–H groups in total. The minimum absolute atomic E-state index is 0.0860. The van der Waals surface area contributed by atoms with Crippen molar-refractivity contribution >= 4 is 41.8 Å². The average Bonchev–Trinajstić information content (AvgIpc) is 3.35. The van der Waals surface area contributed by atoms with E-state index in [0.717, 1.165) is 15.9 Å². The average molecular weight is 539 g/mol. The van der Waals surface area contributed by atoms with E-state index in [1.54, 1.807) is 0 Å². The molecule has 0 aliphatic carbocycles. The Labute approximate surface area is 219 Å². The van der Waals surface area contributed by atoms with E-state index in [4.69, 9.17) is 16.3 Å². The quantitative estimate of drug-likeness (QED) is 0.0859. The molecule has 0 radical (unpaired) electrons. The van der Waals surface area contributed by atoms with Gasteiger partial charge in [0.1, 0.15) is 11.1 Å². The number of hydrogen-bond donors (Lipinski definition) is 3. The normalized spacial score (nSPS) is 20.9. The molecule has 14 heteroatoms. The highest BCUT2D eigenvalue weighted by Gasteiger charge is 2.63. The molecule has 0 bridgehead atoms. The number of thioether (sulfide) groups is 2. The zero-order valence-corrected chi connectivity index (χ0v) is 20.9. The molecular weight excluding hydrogens is 516 g/mol. The van der Waals surface area contributed by atoms with Crippen molar-refractivity contribution < 1.29 is 19.1 Å². The van der Waals surface area contributed by atoms with Gasteiger partial charge in [-0.1, -0.05) is 77.5 Å². The molecule has 2 amide bonds. The lowest BCUT2D eigenvalue weighted by Gasteiger charge is -2.55. The van der Waals surface area contributed by atoms with Crippen molar-refractivity contribution in [1.29, 1.82) is 0 Å². The Morgan fingerprint density at radius 1 is 1.22 bits per heavy atom. The molecule has 2 aromatic carbocycles. The van der Waals surface area contributed by atoms with Crippen molar-refractivity contribution in [2.75, 3.05) is 17.3 Å². The molecule has 2 aliphatic rings. The van der Waals surface area contributed by atoms with Crippen LogP contribution in [0, 0.1) is 0 Å². The first-order valence-electron chi connectivity index (χ1n) is 11.1. The monoisotopic (exact) mass is 538 g/mol. The molecule has 3 heterocycles. The Kier molecular flexibility index (Phi) is 6.86. The van der Waals surface area contributed by atoms with Gasteiger partial charge in [-0.25, -0.2) is 4.79 Å². The second-order valence-electron chi connectivity index (χ2n) is 8.22. The van der Waals surface area contributed by atoms with Gasteiger partial charge in [-0.3, -0.25) is 20.2 Å². The summed E-state index contributed by atoms with van der Waals surface area (Å²) in [6, 6.07) is 18.6. The zero-order chi connectivity index (χ0) is 26.0.